The normalized spacial score (nSPS) is 12.9. The van der Waals surface area contributed by atoms with Gasteiger partial charge < -0.3 is 0 Å². The molecule has 0 saturated carbocycles. The van der Waals surface area contributed by atoms with Crippen molar-refractivity contribution < 1.29 is 9.63 Å². The third kappa shape index (κ3) is 2.02. The number of nitrogens with zero attached hydrogens (tertiary/aromatic N) is 3. The zero-order valence-corrected chi connectivity index (χ0v) is 11.8. The van der Waals surface area contributed by atoms with Crippen LogP contribution >= 0.6 is 11.3 Å². The highest BCUT2D eigenvalue weighted by Gasteiger charge is 2.24. The zero-order valence-electron chi connectivity index (χ0n) is 11.0. The van der Waals surface area contributed by atoms with E-state index in [1.54, 1.807) is 30.9 Å². The molecule has 0 aliphatic heterocycles. The molecule has 0 bridgehead atoms. The number of rotatable bonds is 4. The van der Waals surface area contributed by atoms with E-state index >= 15 is 0 Å². The van der Waals surface area contributed by atoms with Crippen LogP contribution in [0.3, 0.4) is 0 Å². The second-order valence-electron chi connectivity index (χ2n) is 4.21. The molecule has 2 rings (SSSR count). The Labute approximate surface area is 110 Å². The lowest BCUT2D eigenvalue weighted by Gasteiger charge is -2.15. The Morgan fingerprint density at radius 3 is 3.00 bits per heavy atom. The summed E-state index contributed by atoms with van der Waals surface area (Å²) in [6.45, 7) is 4.24. The van der Waals surface area contributed by atoms with E-state index in [2.05, 4.69) is 18.8 Å². The second-order valence-corrected chi connectivity index (χ2v) is 5.27. The molecule has 0 aliphatic carbocycles. The molecule has 0 fully saturated rings. The van der Waals surface area contributed by atoms with Crippen LogP contribution in [0.1, 0.15) is 41.6 Å². The summed E-state index contributed by atoms with van der Waals surface area (Å²) in [5.74, 6) is 0.205. The van der Waals surface area contributed by atoms with E-state index in [1.165, 1.54) is 12.2 Å². The Morgan fingerprint density at radius 2 is 2.39 bits per heavy atom. The summed E-state index contributed by atoms with van der Waals surface area (Å²) < 4.78 is 1.84. The van der Waals surface area contributed by atoms with E-state index in [1.807, 2.05) is 4.40 Å². The van der Waals surface area contributed by atoms with E-state index in [0.29, 0.717) is 11.6 Å². The van der Waals surface area contributed by atoms with Gasteiger partial charge in [0.25, 0.3) is 5.91 Å². The van der Waals surface area contributed by atoms with Gasteiger partial charge in [-0.1, -0.05) is 13.8 Å². The fraction of sp³-hybridized carbons (Fsp3) is 0.500. The van der Waals surface area contributed by atoms with Gasteiger partial charge in [-0.2, -0.15) is 0 Å². The van der Waals surface area contributed by atoms with Crippen LogP contribution in [0.25, 0.3) is 4.83 Å². The Bertz CT molecular complexity index is 561. The summed E-state index contributed by atoms with van der Waals surface area (Å²) in [4.78, 5) is 23.5. The second kappa shape index (κ2) is 5.07. The molecule has 5 nitrogen and oxygen atoms in total. The molecule has 98 valence electrons. The molecule has 18 heavy (non-hydrogen) atoms. The maximum absolute atomic E-state index is 12.3. The largest absolute Gasteiger partial charge is 0.295 e. The van der Waals surface area contributed by atoms with Crippen LogP contribution in [-0.2, 0) is 4.84 Å². The number of carbonyl (C=O) groups excluding carboxylic acids is 1. The molecule has 0 N–H and O–H groups in total. The summed E-state index contributed by atoms with van der Waals surface area (Å²) in [6, 6.07) is 0. The average Bonchev–Trinajstić information content (AvgIpc) is 2.95. The predicted molar refractivity (Wildman–Crippen MR) is 70.9 cm³/mol. The summed E-state index contributed by atoms with van der Waals surface area (Å²) in [7, 11) is 3.10. The van der Waals surface area contributed by atoms with Crippen molar-refractivity contribution in [2.75, 3.05) is 14.2 Å². The lowest BCUT2D eigenvalue weighted by Crippen LogP contribution is -2.27. The molecule has 0 unspecified atom stereocenters. The number of imidazole rings is 1. The van der Waals surface area contributed by atoms with Crippen LogP contribution < -0.4 is 0 Å². The Balaban J connectivity index is 2.57. The Hall–Kier alpha value is -1.40. The summed E-state index contributed by atoms with van der Waals surface area (Å²) in [6.07, 6.45) is 4.45. The third-order valence-electron chi connectivity index (χ3n) is 3.12. The lowest BCUT2D eigenvalue weighted by molar-refractivity contribution is -0.0761. The number of amides is 1. The SMILES string of the molecule is CC[C@H](C)c1sc2cncn2c1C(=O)N(C)OC. The van der Waals surface area contributed by atoms with Gasteiger partial charge in [0.05, 0.1) is 13.3 Å². The van der Waals surface area contributed by atoms with Gasteiger partial charge in [-0.05, 0) is 12.3 Å². The fourth-order valence-corrected chi connectivity index (χ4v) is 2.99. The number of hydroxylamine groups is 2. The van der Waals surface area contributed by atoms with Crippen molar-refractivity contribution in [3.8, 4) is 0 Å². The lowest BCUT2D eigenvalue weighted by atomic mass is 10.1. The quantitative estimate of drug-likeness (QED) is 0.800. The molecule has 1 amide bonds. The average molecular weight is 267 g/mol. The molecular formula is C12H17N3O2S. The number of carbonyl (C=O) groups is 1. The van der Waals surface area contributed by atoms with Crippen LogP contribution in [-0.4, -0.2) is 34.5 Å². The van der Waals surface area contributed by atoms with Gasteiger partial charge in [-0.25, -0.2) is 10.0 Å². The first-order chi connectivity index (χ1) is 8.60. The fourth-order valence-electron chi connectivity index (χ4n) is 1.77. The first kappa shape index (κ1) is 13.0. The van der Waals surface area contributed by atoms with Crippen molar-refractivity contribution >= 4 is 22.1 Å². The van der Waals surface area contributed by atoms with E-state index in [9.17, 15) is 4.79 Å². The first-order valence-electron chi connectivity index (χ1n) is 5.87. The minimum absolute atomic E-state index is 0.142. The van der Waals surface area contributed by atoms with Crippen molar-refractivity contribution in [1.82, 2.24) is 14.4 Å². The predicted octanol–water partition coefficient (Wildman–Crippen LogP) is 2.54. The van der Waals surface area contributed by atoms with Gasteiger partial charge in [0.15, 0.2) is 0 Å². The van der Waals surface area contributed by atoms with Crippen LogP contribution in [0.5, 0.6) is 0 Å². The number of hydrogen-bond acceptors (Lipinski definition) is 4. The van der Waals surface area contributed by atoms with Crippen molar-refractivity contribution in [2.24, 2.45) is 0 Å². The topological polar surface area (TPSA) is 46.8 Å². The molecule has 0 saturated heterocycles. The minimum Gasteiger partial charge on any atom is -0.285 e. The van der Waals surface area contributed by atoms with Crippen LogP contribution in [0.15, 0.2) is 12.5 Å². The molecule has 1 atom stereocenters. The van der Waals surface area contributed by atoms with Gasteiger partial charge >= 0.3 is 0 Å². The first-order valence-corrected chi connectivity index (χ1v) is 6.68. The monoisotopic (exact) mass is 267 g/mol. The van der Waals surface area contributed by atoms with E-state index in [0.717, 1.165) is 16.1 Å². The van der Waals surface area contributed by atoms with Crippen molar-refractivity contribution in [3.05, 3.63) is 23.1 Å². The van der Waals surface area contributed by atoms with Gasteiger partial charge in [0.1, 0.15) is 16.9 Å². The maximum Gasteiger partial charge on any atom is 0.295 e. The highest BCUT2D eigenvalue weighted by molar-refractivity contribution is 7.17. The summed E-state index contributed by atoms with van der Waals surface area (Å²) in [5, 5.41) is 1.24. The van der Waals surface area contributed by atoms with Gasteiger partial charge in [0.2, 0.25) is 0 Å². The van der Waals surface area contributed by atoms with E-state index < -0.39 is 0 Å². The zero-order chi connectivity index (χ0) is 13.3. The maximum atomic E-state index is 12.3. The minimum atomic E-state index is -0.142. The smallest absolute Gasteiger partial charge is 0.285 e. The molecule has 0 radical (unpaired) electrons. The summed E-state index contributed by atoms with van der Waals surface area (Å²) in [5.41, 5.74) is 0.659. The van der Waals surface area contributed by atoms with Crippen LogP contribution in [0, 0.1) is 0 Å². The van der Waals surface area contributed by atoms with Crippen molar-refractivity contribution in [2.45, 2.75) is 26.2 Å². The molecule has 2 aromatic rings. The molecular weight excluding hydrogens is 250 g/mol. The van der Waals surface area contributed by atoms with Crippen LogP contribution in [0.2, 0.25) is 0 Å². The number of fused-ring (bicyclic) bond motifs is 1. The summed E-state index contributed by atoms with van der Waals surface area (Å²) >= 11 is 1.62. The van der Waals surface area contributed by atoms with E-state index in [-0.39, 0.29) is 5.91 Å². The molecule has 0 aromatic carbocycles. The standard InChI is InChI=1S/C12H17N3O2S/c1-5-8(2)11-10(12(16)14(3)17-4)15-7-13-6-9(15)18-11/h6-8H,5H2,1-4H3/t8-/m0/s1. The Kier molecular flexibility index (Phi) is 3.68. The molecule has 0 aliphatic rings. The highest BCUT2D eigenvalue weighted by atomic mass is 32.1. The van der Waals surface area contributed by atoms with Crippen LogP contribution in [0.4, 0.5) is 0 Å². The number of thiazole rings is 1. The number of hydrogen-bond donors (Lipinski definition) is 0. The van der Waals surface area contributed by atoms with E-state index in [4.69, 9.17) is 4.84 Å². The van der Waals surface area contributed by atoms with Gasteiger partial charge in [-0.15, -0.1) is 11.3 Å². The highest BCUT2D eigenvalue weighted by Crippen LogP contribution is 2.32. The molecule has 0 spiro atoms. The third-order valence-corrected chi connectivity index (χ3v) is 4.44. The Morgan fingerprint density at radius 1 is 1.67 bits per heavy atom. The van der Waals surface area contributed by atoms with Crippen molar-refractivity contribution in [1.29, 1.82) is 0 Å². The van der Waals surface area contributed by atoms with Crippen molar-refractivity contribution in [3.63, 3.8) is 0 Å². The molecule has 6 heteroatoms. The molecule has 2 aromatic heterocycles. The molecule has 2 heterocycles. The number of aromatic nitrogens is 2. The van der Waals surface area contributed by atoms with Gasteiger partial charge in [-0.3, -0.25) is 14.0 Å². The van der Waals surface area contributed by atoms with Gasteiger partial charge in [0, 0.05) is 11.9 Å².